The zero-order valence-corrected chi connectivity index (χ0v) is 30.0. The number of benzene rings is 4. The van der Waals surface area contributed by atoms with Crippen LogP contribution in [0, 0.1) is 39.9 Å². The SMILES string of the molecule is CC(C)N(C(=O)C12C3(c4ccc(C(F)(F)F)cc4)C4C5(C#N)C3C1(c1ccc(C(F)(F)F)cc1)C5C42c1ccc(C(F)(F)F)cc1)C(C)C.c1ccccc1. The van der Waals surface area contributed by atoms with E-state index in [9.17, 15) is 44.8 Å². The number of halogens is 9. The van der Waals surface area contributed by atoms with Crippen LogP contribution in [0.4, 0.5) is 39.5 Å². The van der Waals surface area contributed by atoms with Crippen molar-refractivity contribution in [2.45, 2.75) is 74.6 Å². The van der Waals surface area contributed by atoms with Crippen LogP contribution >= 0.6 is 0 Å². The molecule has 286 valence electrons. The van der Waals surface area contributed by atoms with Gasteiger partial charge < -0.3 is 4.90 Å². The molecule has 1 amide bonds. The van der Waals surface area contributed by atoms with Crippen LogP contribution in [-0.2, 0) is 39.6 Å². The summed E-state index contributed by atoms with van der Waals surface area (Å²) >= 11 is 0. The fraction of sp³-hybridized carbons (Fsp3) is 0.395. The van der Waals surface area contributed by atoms with Crippen molar-refractivity contribution in [1.29, 1.82) is 5.26 Å². The fourth-order valence-corrected chi connectivity index (χ4v) is 13.0. The molecule has 0 atom stereocenters. The molecule has 55 heavy (non-hydrogen) atoms. The summed E-state index contributed by atoms with van der Waals surface area (Å²) in [4.78, 5) is 17.2. The highest BCUT2D eigenvalue weighted by molar-refractivity contribution is 6.05. The molecule has 12 heteroatoms. The topological polar surface area (TPSA) is 44.1 Å². The molecule has 0 aromatic heterocycles. The van der Waals surface area contributed by atoms with E-state index in [0.717, 1.165) is 36.4 Å². The van der Waals surface area contributed by atoms with Gasteiger partial charge in [-0.25, -0.2) is 0 Å². The molecule has 4 aromatic rings. The molecule has 0 unspecified atom stereocenters. The largest absolute Gasteiger partial charge is 0.416 e. The number of alkyl halides is 9. The molecular weight excluding hydrogens is 731 g/mol. The second kappa shape index (κ2) is 11.2. The Bertz CT molecular complexity index is 1960. The lowest BCUT2D eigenvalue weighted by atomic mass is 8.79. The molecule has 0 heterocycles. The summed E-state index contributed by atoms with van der Waals surface area (Å²) in [6.45, 7) is 7.21. The van der Waals surface area contributed by atoms with Crippen molar-refractivity contribution in [2.75, 3.05) is 0 Å². The van der Waals surface area contributed by atoms with Crippen LogP contribution in [0.1, 0.15) is 61.1 Å². The first-order chi connectivity index (χ1) is 25.7. The Morgan fingerprint density at radius 2 is 0.800 bits per heavy atom. The minimum absolute atomic E-state index is 0.368. The van der Waals surface area contributed by atoms with Crippen molar-refractivity contribution < 1.29 is 44.3 Å². The van der Waals surface area contributed by atoms with Crippen LogP contribution in [0.5, 0.6) is 0 Å². The van der Waals surface area contributed by atoms with Crippen molar-refractivity contribution in [1.82, 2.24) is 4.90 Å². The van der Waals surface area contributed by atoms with Crippen LogP contribution in [0.3, 0.4) is 0 Å². The smallest absolute Gasteiger partial charge is 0.337 e. The molecule has 6 saturated carbocycles. The first-order valence-corrected chi connectivity index (χ1v) is 18.0. The highest BCUT2D eigenvalue weighted by Crippen LogP contribution is 3.21. The van der Waals surface area contributed by atoms with E-state index >= 15 is 4.79 Å². The number of amides is 1. The van der Waals surface area contributed by atoms with E-state index in [1.165, 1.54) is 36.4 Å². The summed E-state index contributed by atoms with van der Waals surface area (Å²) in [6, 6.07) is 27.1. The van der Waals surface area contributed by atoms with E-state index in [0.29, 0.717) is 16.7 Å². The highest BCUT2D eigenvalue weighted by atomic mass is 19.4. The Kier molecular flexibility index (Phi) is 7.54. The molecule has 0 saturated heterocycles. The zero-order valence-electron chi connectivity index (χ0n) is 30.0. The number of nitrogens with zero attached hydrogens (tertiary/aromatic N) is 2. The lowest BCUT2D eigenvalue weighted by Gasteiger charge is -3.20. The molecule has 0 radical (unpaired) electrons. The quantitative estimate of drug-likeness (QED) is 0.184. The predicted molar refractivity (Wildman–Crippen MR) is 184 cm³/mol. The summed E-state index contributed by atoms with van der Waals surface area (Å²) in [7, 11) is 0. The molecule has 0 N–H and O–H groups in total. The molecule has 0 bridgehead atoms. The normalized spacial score (nSPS) is 33.0. The van der Waals surface area contributed by atoms with Crippen LogP contribution < -0.4 is 0 Å². The maximum Gasteiger partial charge on any atom is 0.416 e. The van der Waals surface area contributed by atoms with Crippen molar-refractivity contribution >= 4 is 5.91 Å². The fourth-order valence-electron chi connectivity index (χ4n) is 13.0. The third kappa shape index (κ3) is 3.83. The van der Waals surface area contributed by atoms with E-state index in [1.807, 2.05) is 36.4 Å². The summed E-state index contributed by atoms with van der Waals surface area (Å²) in [5.41, 5.74) is -7.60. The van der Waals surface area contributed by atoms with Gasteiger partial charge in [0.05, 0.1) is 33.6 Å². The van der Waals surface area contributed by atoms with Gasteiger partial charge in [-0.2, -0.15) is 44.8 Å². The summed E-state index contributed by atoms with van der Waals surface area (Å²) in [5, 5.41) is 10.8. The minimum Gasteiger partial charge on any atom is -0.337 e. The van der Waals surface area contributed by atoms with Gasteiger partial charge >= 0.3 is 18.5 Å². The van der Waals surface area contributed by atoms with Gasteiger partial charge in [-0.1, -0.05) is 72.8 Å². The second-order valence-corrected chi connectivity index (χ2v) is 16.0. The Morgan fingerprint density at radius 3 is 1.00 bits per heavy atom. The van der Waals surface area contributed by atoms with Gasteiger partial charge in [0, 0.05) is 46.1 Å². The first kappa shape index (κ1) is 37.1. The van der Waals surface area contributed by atoms with Gasteiger partial charge in [-0.3, -0.25) is 4.79 Å². The molecular formula is C43H35F9N2O. The maximum absolute atomic E-state index is 15.5. The molecule has 0 spiro atoms. The van der Waals surface area contributed by atoms with E-state index in [1.54, 1.807) is 32.6 Å². The van der Waals surface area contributed by atoms with Gasteiger partial charge in [0.25, 0.3) is 0 Å². The van der Waals surface area contributed by atoms with E-state index in [-0.39, 0.29) is 18.0 Å². The number of rotatable bonds is 6. The molecule has 4 aromatic carbocycles. The Balaban J connectivity index is 0.000000651. The maximum atomic E-state index is 15.5. The van der Waals surface area contributed by atoms with Crippen LogP contribution in [0.15, 0.2) is 109 Å². The van der Waals surface area contributed by atoms with Crippen molar-refractivity contribution in [3.8, 4) is 6.07 Å². The van der Waals surface area contributed by atoms with Crippen molar-refractivity contribution in [3.05, 3.63) is 143 Å². The first-order valence-electron chi connectivity index (χ1n) is 18.0. The number of nitriles is 1. The molecule has 3 nitrogen and oxygen atoms in total. The number of hydrogen-bond donors (Lipinski definition) is 0. The summed E-state index contributed by atoms with van der Waals surface area (Å²) in [5.74, 6) is -2.19. The number of carbonyl (C=O) groups excluding carboxylic acids is 1. The molecule has 10 rings (SSSR count). The van der Waals surface area contributed by atoms with Gasteiger partial charge in [0.15, 0.2) is 0 Å². The number of carbonyl (C=O) groups is 1. The monoisotopic (exact) mass is 766 g/mol. The van der Waals surface area contributed by atoms with Crippen LogP contribution in [-0.4, -0.2) is 22.9 Å². The number of hydrogen-bond acceptors (Lipinski definition) is 2. The lowest BCUT2D eigenvalue weighted by Crippen LogP contribution is -3.26. The summed E-state index contributed by atoms with van der Waals surface area (Å²) in [6.07, 6.45) is -14.0. The Labute approximate surface area is 311 Å². The molecule has 0 aliphatic heterocycles. The van der Waals surface area contributed by atoms with Gasteiger partial charge in [-0.05, 0) is 80.8 Å². The van der Waals surface area contributed by atoms with E-state index < -0.39 is 80.0 Å². The van der Waals surface area contributed by atoms with Crippen LogP contribution in [0.25, 0.3) is 0 Å². The van der Waals surface area contributed by atoms with Gasteiger partial charge in [-0.15, -0.1) is 0 Å². The minimum atomic E-state index is -4.65. The van der Waals surface area contributed by atoms with Crippen LogP contribution in [0.2, 0.25) is 0 Å². The van der Waals surface area contributed by atoms with E-state index in [4.69, 9.17) is 0 Å². The van der Waals surface area contributed by atoms with Gasteiger partial charge in [0.1, 0.15) is 0 Å². The highest BCUT2D eigenvalue weighted by Gasteiger charge is 3.27. The third-order valence-electron chi connectivity index (χ3n) is 13.6. The standard InChI is InChI=1S/C37H29F9N2O.C6H6/c1-18(2)48(19(3)4)29(49)34-31(20-5-11-23(12-6-20)35(38,39)40)26-30(17-47)27(31)33(34,22-9-15-25(16-10-22)37(44,45)46)28(30)32(26,34)21-7-13-24(14-8-21)36(41,42)43;1-2-4-6-5-3-1/h5-16,18-19,26-28H,1-4H3;1-6H. The Hall–Kier alpha value is -4.79. The average Bonchev–Trinajstić information content (AvgIpc) is 3.13. The van der Waals surface area contributed by atoms with Gasteiger partial charge in [0.2, 0.25) is 5.91 Å². The third-order valence-corrected chi connectivity index (χ3v) is 13.6. The predicted octanol–water partition coefficient (Wildman–Crippen LogP) is 10.6. The molecule has 6 aliphatic rings. The zero-order chi connectivity index (χ0) is 39.9. The van der Waals surface area contributed by atoms with Crippen molar-refractivity contribution in [3.63, 3.8) is 0 Å². The molecule has 6 aliphatic carbocycles. The van der Waals surface area contributed by atoms with Crippen molar-refractivity contribution in [2.24, 2.45) is 28.6 Å². The second-order valence-electron chi connectivity index (χ2n) is 16.0. The molecule has 6 fully saturated rings. The van der Waals surface area contributed by atoms with E-state index in [2.05, 4.69) is 6.07 Å². The average molecular weight is 767 g/mol. The lowest BCUT2D eigenvalue weighted by molar-refractivity contribution is -0.668. The summed E-state index contributed by atoms with van der Waals surface area (Å²) < 4.78 is 123. The Morgan fingerprint density at radius 1 is 0.545 bits per heavy atom.